The molecule has 0 saturated carbocycles. The van der Waals surface area contributed by atoms with Crippen LogP contribution in [-0.2, 0) is 4.74 Å². The number of aromatic nitrogens is 1. The van der Waals surface area contributed by atoms with E-state index in [4.69, 9.17) is 9.72 Å². The van der Waals surface area contributed by atoms with Crippen molar-refractivity contribution in [2.24, 2.45) is 0 Å². The molecule has 0 unspecified atom stereocenters. The fraction of sp³-hybridized carbons (Fsp3) is 0.333. The number of hydrogen-bond acceptors (Lipinski definition) is 4. The Hall–Kier alpha value is -2.72. The molecule has 0 bridgehead atoms. The maximum absolute atomic E-state index is 13.1. The van der Waals surface area contributed by atoms with Gasteiger partial charge in [0.25, 0.3) is 0 Å². The molecule has 0 amide bonds. The molecule has 28 heavy (non-hydrogen) atoms. The van der Waals surface area contributed by atoms with Gasteiger partial charge in [0.15, 0.2) is 0 Å². The zero-order chi connectivity index (χ0) is 19.5. The number of aryl methyl sites for hydroxylation is 1. The Morgan fingerprint density at radius 1 is 1.18 bits per heavy atom. The van der Waals surface area contributed by atoms with Crippen molar-refractivity contribution in [3.05, 3.63) is 65.7 Å². The van der Waals surface area contributed by atoms with Gasteiger partial charge in [-0.2, -0.15) is 0 Å². The molecule has 3 aromatic rings. The molecule has 1 aliphatic rings. The first-order valence-corrected chi connectivity index (χ1v) is 10.0. The highest BCUT2D eigenvalue weighted by Gasteiger charge is 2.24. The van der Waals surface area contributed by atoms with E-state index >= 15 is 0 Å². The molecule has 1 aromatic heterocycles. The number of ether oxygens (including phenoxy) is 1. The van der Waals surface area contributed by atoms with E-state index in [0.717, 1.165) is 54.6 Å². The number of fused-ring (bicyclic) bond motifs is 1. The first kappa shape index (κ1) is 18.6. The zero-order valence-corrected chi connectivity index (χ0v) is 16.5. The zero-order valence-electron chi connectivity index (χ0n) is 16.5. The second-order valence-electron chi connectivity index (χ2n) is 7.50. The minimum absolute atomic E-state index is 0.0454. The predicted molar refractivity (Wildman–Crippen MR) is 112 cm³/mol. The van der Waals surface area contributed by atoms with Crippen molar-refractivity contribution in [3.8, 4) is 11.3 Å². The normalized spacial score (nSPS) is 17.6. The van der Waals surface area contributed by atoms with E-state index in [2.05, 4.69) is 30.9 Å². The van der Waals surface area contributed by atoms with Crippen LogP contribution in [0.5, 0.6) is 0 Å². The van der Waals surface area contributed by atoms with E-state index in [1.165, 1.54) is 5.56 Å². The van der Waals surface area contributed by atoms with Gasteiger partial charge >= 0.3 is 5.97 Å². The number of likely N-dealkylation sites (tertiary alicyclic amines) is 1. The Kier molecular flexibility index (Phi) is 5.40. The number of benzene rings is 2. The second-order valence-corrected chi connectivity index (χ2v) is 7.50. The molecule has 1 atom stereocenters. The number of carbonyl (C=O) groups is 1. The van der Waals surface area contributed by atoms with E-state index in [1.807, 2.05) is 42.5 Å². The molecule has 2 aromatic carbocycles. The Bertz CT molecular complexity index is 982. The van der Waals surface area contributed by atoms with Crippen molar-refractivity contribution >= 4 is 16.9 Å². The number of para-hydroxylation sites is 1. The van der Waals surface area contributed by atoms with Gasteiger partial charge in [-0.05, 0) is 45.0 Å². The van der Waals surface area contributed by atoms with Crippen molar-refractivity contribution in [1.29, 1.82) is 0 Å². The van der Waals surface area contributed by atoms with Crippen molar-refractivity contribution in [2.75, 3.05) is 19.6 Å². The van der Waals surface area contributed by atoms with Gasteiger partial charge in [-0.1, -0.05) is 55.0 Å². The highest BCUT2D eigenvalue weighted by Crippen LogP contribution is 2.26. The van der Waals surface area contributed by atoms with Crippen molar-refractivity contribution in [2.45, 2.75) is 32.8 Å². The first-order valence-electron chi connectivity index (χ1n) is 10.0. The Labute approximate surface area is 166 Å². The number of esters is 1. The third kappa shape index (κ3) is 3.92. The summed E-state index contributed by atoms with van der Waals surface area (Å²) in [7, 11) is 0. The van der Waals surface area contributed by atoms with Crippen molar-refractivity contribution in [3.63, 3.8) is 0 Å². The number of pyridine rings is 1. The largest absolute Gasteiger partial charge is 0.457 e. The van der Waals surface area contributed by atoms with Crippen LogP contribution in [0, 0.1) is 6.92 Å². The molecule has 1 fully saturated rings. The number of carbonyl (C=O) groups excluding carboxylic acids is 1. The third-order valence-electron chi connectivity index (χ3n) is 5.47. The van der Waals surface area contributed by atoms with Crippen LogP contribution in [0.3, 0.4) is 0 Å². The molecule has 2 heterocycles. The highest BCUT2D eigenvalue weighted by atomic mass is 16.5. The fourth-order valence-electron chi connectivity index (χ4n) is 3.83. The predicted octanol–water partition coefficient (Wildman–Crippen LogP) is 4.85. The summed E-state index contributed by atoms with van der Waals surface area (Å²) in [6, 6.07) is 17.9. The lowest BCUT2D eigenvalue weighted by Crippen LogP contribution is -2.40. The van der Waals surface area contributed by atoms with Gasteiger partial charge in [-0.15, -0.1) is 0 Å². The van der Waals surface area contributed by atoms with Crippen LogP contribution in [0.25, 0.3) is 22.2 Å². The maximum Gasteiger partial charge on any atom is 0.339 e. The van der Waals surface area contributed by atoms with Crippen molar-refractivity contribution in [1.82, 2.24) is 9.88 Å². The lowest BCUT2D eigenvalue weighted by atomic mass is 10.0. The van der Waals surface area contributed by atoms with Crippen LogP contribution in [-0.4, -0.2) is 41.6 Å². The Morgan fingerprint density at radius 2 is 1.96 bits per heavy atom. The molecule has 0 spiro atoms. The fourth-order valence-corrected chi connectivity index (χ4v) is 3.83. The van der Waals surface area contributed by atoms with Crippen LogP contribution in [0.4, 0.5) is 0 Å². The number of rotatable bonds is 4. The molecule has 4 heteroatoms. The summed E-state index contributed by atoms with van der Waals surface area (Å²) in [5.74, 6) is -0.255. The lowest BCUT2D eigenvalue weighted by molar-refractivity contribution is 0.00794. The van der Waals surface area contributed by atoms with Gasteiger partial charge in [-0.3, -0.25) is 4.90 Å². The summed E-state index contributed by atoms with van der Waals surface area (Å²) in [4.78, 5) is 20.2. The standard InChI is InChI=1S/C24H26N2O2/c1-3-26-14-6-7-19(16-26)28-24(27)21-15-23(18-12-10-17(2)11-13-18)25-22-9-5-4-8-20(21)22/h4-5,8-13,15,19H,3,6-7,14,16H2,1-2H3/t19-/m1/s1. The minimum atomic E-state index is -0.255. The summed E-state index contributed by atoms with van der Waals surface area (Å²) < 4.78 is 5.92. The maximum atomic E-state index is 13.1. The molecule has 1 saturated heterocycles. The van der Waals surface area contributed by atoms with Gasteiger partial charge in [-0.25, -0.2) is 9.78 Å². The van der Waals surface area contributed by atoms with Gasteiger partial charge in [0.2, 0.25) is 0 Å². The summed E-state index contributed by atoms with van der Waals surface area (Å²) in [6.07, 6.45) is 1.95. The van der Waals surface area contributed by atoms with E-state index in [1.54, 1.807) is 0 Å². The van der Waals surface area contributed by atoms with Crippen LogP contribution >= 0.6 is 0 Å². The second kappa shape index (κ2) is 8.11. The summed E-state index contributed by atoms with van der Waals surface area (Å²) in [6.45, 7) is 7.10. The van der Waals surface area contributed by atoms with Crippen LogP contribution < -0.4 is 0 Å². The smallest absolute Gasteiger partial charge is 0.339 e. The lowest BCUT2D eigenvalue weighted by Gasteiger charge is -2.31. The molecule has 4 nitrogen and oxygen atoms in total. The molecule has 0 aliphatic carbocycles. The van der Waals surface area contributed by atoms with Gasteiger partial charge < -0.3 is 4.74 Å². The molecular formula is C24H26N2O2. The molecule has 0 N–H and O–H groups in total. The first-order chi connectivity index (χ1) is 13.6. The van der Waals surface area contributed by atoms with E-state index in [0.29, 0.717) is 5.56 Å². The van der Waals surface area contributed by atoms with Crippen molar-refractivity contribution < 1.29 is 9.53 Å². The van der Waals surface area contributed by atoms with Crippen LogP contribution in [0.15, 0.2) is 54.6 Å². The Morgan fingerprint density at radius 3 is 2.75 bits per heavy atom. The van der Waals surface area contributed by atoms with E-state index < -0.39 is 0 Å². The molecule has 1 aliphatic heterocycles. The molecular weight excluding hydrogens is 348 g/mol. The average molecular weight is 374 g/mol. The number of hydrogen-bond donors (Lipinski definition) is 0. The average Bonchev–Trinajstić information content (AvgIpc) is 2.73. The highest BCUT2D eigenvalue weighted by molar-refractivity contribution is 6.04. The topological polar surface area (TPSA) is 42.4 Å². The quantitative estimate of drug-likeness (QED) is 0.612. The minimum Gasteiger partial charge on any atom is -0.457 e. The number of piperidine rings is 1. The molecule has 4 rings (SSSR count). The van der Waals surface area contributed by atoms with E-state index in [-0.39, 0.29) is 12.1 Å². The molecule has 0 radical (unpaired) electrons. The summed E-state index contributed by atoms with van der Waals surface area (Å²) in [5.41, 5.74) is 4.40. The Balaban J connectivity index is 1.68. The van der Waals surface area contributed by atoms with Gasteiger partial charge in [0, 0.05) is 17.5 Å². The number of nitrogens with zero attached hydrogens (tertiary/aromatic N) is 2. The molecule has 144 valence electrons. The van der Waals surface area contributed by atoms with Crippen LogP contribution in [0.2, 0.25) is 0 Å². The SMILES string of the molecule is CCN1CCC[C@@H](OC(=O)c2cc(-c3ccc(C)cc3)nc3ccccc23)C1. The summed E-state index contributed by atoms with van der Waals surface area (Å²) in [5, 5.41) is 0.839. The van der Waals surface area contributed by atoms with Gasteiger partial charge in [0.05, 0.1) is 16.8 Å². The van der Waals surface area contributed by atoms with E-state index in [9.17, 15) is 4.79 Å². The summed E-state index contributed by atoms with van der Waals surface area (Å²) >= 11 is 0. The monoisotopic (exact) mass is 374 g/mol. The van der Waals surface area contributed by atoms with Crippen LogP contribution in [0.1, 0.15) is 35.7 Å². The number of likely N-dealkylation sites (N-methyl/N-ethyl adjacent to an activating group) is 1. The third-order valence-corrected chi connectivity index (χ3v) is 5.47. The van der Waals surface area contributed by atoms with Gasteiger partial charge in [0.1, 0.15) is 6.10 Å².